The molecule has 0 aromatic rings. The van der Waals surface area contributed by atoms with Crippen molar-refractivity contribution in [1.29, 1.82) is 0 Å². The predicted molar refractivity (Wildman–Crippen MR) is 110 cm³/mol. The van der Waals surface area contributed by atoms with E-state index in [4.69, 9.17) is 28.5 Å². The Labute approximate surface area is 188 Å². The summed E-state index contributed by atoms with van der Waals surface area (Å²) < 4.78 is 28.7. The molecule has 0 radical (unpaired) electrons. The van der Waals surface area contributed by atoms with Crippen molar-refractivity contribution >= 4 is 17.9 Å². The Bertz CT molecular complexity index is 741. The Hall–Kier alpha value is -1.75. The lowest BCUT2D eigenvalue weighted by atomic mass is 9.84. The number of rotatable bonds is 5. The number of cyclic esters (lactones) is 1. The van der Waals surface area contributed by atoms with Gasteiger partial charge in [-0.2, -0.15) is 5.06 Å². The molecule has 3 rings (SSSR count). The molecule has 0 aliphatic carbocycles. The van der Waals surface area contributed by atoms with Gasteiger partial charge in [-0.3, -0.25) is 19.2 Å². The van der Waals surface area contributed by atoms with Crippen LogP contribution >= 0.6 is 0 Å². The van der Waals surface area contributed by atoms with Crippen molar-refractivity contribution in [2.45, 2.75) is 103 Å². The van der Waals surface area contributed by atoms with Crippen molar-refractivity contribution in [3.63, 3.8) is 0 Å². The molecule has 32 heavy (non-hydrogen) atoms. The maximum atomic E-state index is 13.1. The zero-order valence-corrected chi connectivity index (χ0v) is 20.1. The number of esters is 3. The zero-order chi connectivity index (χ0) is 24.0. The third-order valence-corrected chi connectivity index (χ3v) is 5.35. The van der Waals surface area contributed by atoms with Crippen LogP contribution in [0.15, 0.2) is 0 Å². The summed E-state index contributed by atoms with van der Waals surface area (Å²) in [6.45, 7) is 14.4. The first-order chi connectivity index (χ1) is 14.7. The summed E-state index contributed by atoms with van der Waals surface area (Å²) in [5.41, 5.74) is -0.921. The van der Waals surface area contributed by atoms with E-state index in [9.17, 15) is 14.4 Å². The molecule has 0 aromatic carbocycles. The molecule has 0 spiro atoms. The molecule has 3 fully saturated rings. The molecule has 0 bridgehead atoms. The van der Waals surface area contributed by atoms with E-state index in [1.165, 1.54) is 13.8 Å². The third-order valence-electron chi connectivity index (χ3n) is 5.35. The predicted octanol–water partition coefficient (Wildman–Crippen LogP) is 1.39. The molecule has 0 unspecified atom stereocenters. The minimum absolute atomic E-state index is 0.228. The molecule has 3 heterocycles. The molecule has 0 N–H and O–H groups in total. The van der Waals surface area contributed by atoms with Crippen LogP contribution in [0.3, 0.4) is 0 Å². The first-order valence-corrected chi connectivity index (χ1v) is 11.0. The Kier molecular flexibility index (Phi) is 6.91. The van der Waals surface area contributed by atoms with Crippen molar-refractivity contribution in [3.8, 4) is 0 Å². The standard InChI is InChI=1S/C22H35NO9/c1-11(24)27-10-14-18(28-12(2)25)19-15(20(26)29-14)16-17(31-22(6,7)8)13(9-23(16)32-19)30-21(3,4)5/h13-19H,9-10H2,1-8H3/t13-,14+,15+,16-,17+,18+,19-/m0/s1. The fraction of sp³-hybridized carbons (Fsp3) is 0.864. The van der Waals surface area contributed by atoms with Crippen LogP contribution in [0.4, 0.5) is 0 Å². The smallest absolute Gasteiger partial charge is 0.314 e. The molecule has 10 nitrogen and oxygen atoms in total. The Morgan fingerprint density at radius 1 is 1.00 bits per heavy atom. The van der Waals surface area contributed by atoms with Gasteiger partial charge in [0.25, 0.3) is 0 Å². The van der Waals surface area contributed by atoms with Crippen LogP contribution in [0.1, 0.15) is 55.4 Å². The van der Waals surface area contributed by atoms with Gasteiger partial charge in [-0.25, -0.2) is 0 Å². The lowest BCUT2D eigenvalue weighted by Gasteiger charge is -2.39. The van der Waals surface area contributed by atoms with Gasteiger partial charge in [0.2, 0.25) is 0 Å². The number of hydrogen-bond donors (Lipinski definition) is 0. The quantitative estimate of drug-likeness (QED) is 0.444. The van der Waals surface area contributed by atoms with Gasteiger partial charge in [0.1, 0.15) is 30.8 Å². The van der Waals surface area contributed by atoms with Gasteiger partial charge in [0.15, 0.2) is 12.2 Å². The van der Waals surface area contributed by atoms with Crippen molar-refractivity contribution in [2.75, 3.05) is 13.2 Å². The van der Waals surface area contributed by atoms with Gasteiger partial charge < -0.3 is 23.7 Å². The van der Waals surface area contributed by atoms with Crippen LogP contribution in [-0.4, -0.2) is 83.9 Å². The van der Waals surface area contributed by atoms with E-state index in [2.05, 4.69) is 0 Å². The topological polar surface area (TPSA) is 110 Å². The van der Waals surface area contributed by atoms with Crippen LogP contribution in [0.25, 0.3) is 0 Å². The lowest BCUT2D eigenvalue weighted by molar-refractivity contribution is -0.231. The van der Waals surface area contributed by atoms with E-state index in [1.54, 1.807) is 5.06 Å². The van der Waals surface area contributed by atoms with Crippen LogP contribution in [-0.2, 0) is 42.9 Å². The van der Waals surface area contributed by atoms with Gasteiger partial charge in [0.05, 0.1) is 23.8 Å². The number of carbonyl (C=O) groups excluding carboxylic acids is 3. The maximum Gasteiger partial charge on any atom is 0.314 e. The number of fused-ring (bicyclic) bond motifs is 3. The Morgan fingerprint density at radius 3 is 2.16 bits per heavy atom. The summed E-state index contributed by atoms with van der Waals surface area (Å²) in [6, 6.07) is -0.480. The summed E-state index contributed by atoms with van der Waals surface area (Å²) in [6.07, 6.45) is -3.47. The molecule has 0 aromatic heterocycles. The maximum absolute atomic E-state index is 13.1. The minimum atomic E-state index is -0.958. The van der Waals surface area contributed by atoms with Crippen molar-refractivity contribution < 1.29 is 42.9 Å². The summed E-state index contributed by atoms with van der Waals surface area (Å²) in [5, 5.41) is 1.69. The first-order valence-electron chi connectivity index (χ1n) is 11.0. The van der Waals surface area contributed by atoms with E-state index < -0.39 is 65.5 Å². The van der Waals surface area contributed by atoms with Crippen LogP contribution in [0, 0.1) is 5.92 Å². The largest absolute Gasteiger partial charge is 0.462 e. The number of hydrogen-bond acceptors (Lipinski definition) is 10. The second-order valence-corrected chi connectivity index (χ2v) is 10.5. The average molecular weight is 458 g/mol. The highest BCUT2D eigenvalue weighted by Gasteiger charge is 2.65. The van der Waals surface area contributed by atoms with Crippen molar-refractivity contribution in [2.24, 2.45) is 5.92 Å². The Morgan fingerprint density at radius 2 is 1.62 bits per heavy atom. The number of nitrogens with zero attached hydrogens (tertiary/aromatic N) is 1. The molecule has 182 valence electrons. The summed E-state index contributed by atoms with van der Waals surface area (Å²) in [5.74, 6) is -2.35. The fourth-order valence-corrected chi connectivity index (χ4v) is 4.52. The van der Waals surface area contributed by atoms with Crippen molar-refractivity contribution in [1.82, 2.24) is 5.06 Å². The second kappa shape index (κ2) is 8.89. The van der Waals surface area contributed by atoms with E-state index in [1.807, 2.05) is 41.5 Å². The SMILES string of the molecule is CC(=O)OC[C@H]1OC(=O)[C@H]2[C@H](ON3C[C@H](OC(C)(C)C)[C@@H](OC(C)(C)C)[C@H]23)[C@@H]1OC(C)=O. The van der Waals surface area contributed by atoms with E-state index in [0.29, 0.717) is 6.54 Å². The number of hydroxylamine groups is 2. The van der Waals surface area contributed by atoms with Gasteiger partial charge in [0, 0.05) is 13.8 Å². The molecular formula is C22H35NO9. The van der Waals surface area contributed by atoms with Crippen LogP contribution in [0.2, 0.25) is 0 Å². The zero-order valence-electron chi connectivity index (χ0n) is 20.1. The molecule has 0 saturated carbocycles. The van der Waals surface area contributed by atoms with Gasteiger partial charge in [-0.15, -0.1) is 0 Å². The van der Waals surface area contributed by atoms with E-state index in [0.717, 1.165) is 0 Å². The minimum Gasteiger partial charge on any atom is -0.462 e. The monoisotopic (exact) mass is 457 g/mol. The number of carbonyl (C=O) groups is 3. The molecule has 3 aliphatic heterocycles. The van der Waals surface area contributed by atoms with Gasteiger partial charge >= 0.3 is 17.9 Å². The molecular weight excluding hydrogens is 422 g/mol. The highest BCUT2D eigenvalue weighted by molar-refractivity contribution is 5.76. The summed E-state index contributed by atoms with van der Waals surface area (Å²) in [4.78, 5) is 42.3. The fourth-order valence-electron chi connectivity index (χ4n) is 4.52. The highest BCUT2D eigenvalue weighted by Crippen LogP contribution is 2.45. The van der Waals surface area contributed by atoms with Gasteiger partial charge in [-0.05, 0) is 41.5 Å². The molecule has 7 atom stereocenters. The van der Waals surface area contributed by atoms with E-state index >= 15 is 0 Å². The molecule has 3 saturated heterocycles. The van der Waals surface area contributed by atoms with Crippen LogP contribution < -0.4 is 0 Å². The molecule has 10 heteroatoms. The van der Waals surface area contributed by atoms with Gasteiger partial charge in [-0.1, -0.05) is 0 Å². The normalized spacial score (nSPS) is 35.1. The second-order valence-electron chi connectivity index (χ2n) is 10.5. The first kappa shape index (κ1) is 24.9. The van der Waals surface area contributed by atoms with E-state index in [-0.39, 0.29) is 12.7 Å². The summed E-state index contributed by atoms with van der Waals surface area (Å²) in [7, 11) is 0. The summed E-state index contributed by atoms with van der Waals surface area (Å²) >= 11 is 0. The third kappa shape index (κ3) is 5.59. The van der Waals surface area contributed by atoms with Crippen LogP contribution in [0.5, 0.6) is 0 Å². The lowest BCUT2D eigenvalue weighted by Crippen LogP contribution is -2.58. The average Bonchev–Trinajstić information content (AvgIpc) is 3.10. The van der Waals surface area contributed by atoms with Crippen molar-refractivity contribution in [3.05, 3.63) is 0 Å². The Balaban J connectivity index is 1.89. The number of ether oxygens (including phenoxy) is 5. The molecule has 3 aliphatic rings. The highest BCUT2D eigenvalue weighted by atomic mass is 16.7. The molecule has 0 amide bonds.